The van der Waals surface area contributed by atoms with E-state index < -0.39 is 0 Å². The van der Waals surface area contributed by atoms with Crippen LogP contribution in [0.1, 0.15) is 41.0 Å². The highest BCUT2D eigenvalue weighted by Gasteiger charge is 2.23. The summed E-state index contributed by atoms with van der Waals surface area (Å²) < 4.78 is 7.29. The van der Waals surface area contributed by atoms with E-state index in [1.54, 1.807) is 23.6 Å². The van der Waals surface area contributed by atoms with Crippen molar-refractivity contribution in [2.75, 3.05) is 13.2 Å². The first-order valence-electron chi connectivity index (χ1n) is 8.55. The van der Waals surface area contributed by atoms with Gasteiger partial charge in [0.2, 0.25) is 0 Å². The summed E-state index contributed by atoms with van der Waals surface area (Å²) in [5.74, 6) is 0.186. The molecule has 0 aliphatic rings. The molecule has 6 heteroatoms. The number of aryl methyl sites for hydroxylation is 1. The lowest BCUT2D eigenvalue weighted by Gasteiger charge is -2.14. The van der Waals surface area contributed by atoms with E-state index in [0.717, 1.165) is 5.56 Å². The number of imidazole rings is 1. The summed E-state index contributed by atoms with van der Waals surface area (Å²) in [7, 11) is 0. The molecule has 0 bridgehead atoms. The van der Waals surface area contributed by atoms with Crippen LogP contribution in [0.5, 0.6) is 5.75 Å². The van der Waals surface area contributed by atoms with E-state index in [4.69, 9.17) is 16.3 Å². The number of carbonyl (C=O) groups is 1. The smallest absolute Gasteiger partial charge is 0.182 e. The molecule has 1 N–H and O–H groups in total. The van der Waals surface area contributed by atoms with Gasteiger partial charge in [0, 0.05) is 24.6 Å². The fourth-order valence-electron chi connectivity index (χ4n) is 3.13. The second-order valence-corrected chi connectivity index (χ2v) is 6.55. The summed E-state index contributed by atoms with van der Waals surface area (Å²) in [4.78, 5) is 17.5. The zero-order chi connectivity index (χ0) is 18.7. The Morgan fingerprint density at radius 1 is 1.35 bits per heavy atom. The molecule has 0 fully saturated rings. The average molecular weight is 373 g/mol. The van der Waals surface area contributed by atoms with Crippen molar-refractivity contribution in [1.82, 2.24) is 9.38 Å². The van der Waals surface area contributed by atoms with Crippen molar-refractivity contribution in [2.24, 2.45) is 0 Å². The first kappa shape index (κ1) is 18.4. The quantitative estimate of drug-likeness (QED) is 0.635. The molecule has 5 nitrogen and oxygen atoms in total. The number of aliphatic hydroxyl groups excluding tert-OH is 1. The zero-order valence-electron chi connectivity index (χ0n) is 14.8. The highest BCUT2D eigenvalue weighted by atomic mass is 35.5. The molecule has 0 spiro atoms. The number of aliphatic hydroxyl groups is 1. The molecule has 1 aromatic carbocycles. The van der Waals surface area contributed by atoms with E-state index in [9.17, 15) is 9.90 Å². The third-order valence-electron chi connectivity index (χ3n) is 4.31. The van der Waals surface area contributed by atoms with Crippen LogP contribution in [0.25, 0.3) is 5.65 Å². The predicted octanol–water partition coefficient (Wildman–Crippen LogP) is 4.04. The SMILES string of the molecule is CCOc1cc(Cl)cn2c(C(=O)C[C@@H](CO)c3ccccc3)c(C)nc12. The molecule has 0 aliphatic carbocycles. The first-order valence-corrected chi connectivity index (χ1v) is 8.93. The fraction of sp³-hybridized carbons (Fsp3) is 0.300. The number of fused-ring (bicyclic) bond motifs is 1. The third kappa shape index (κ3) is 3.59. The van der Waals surface area contributed by atoms with Gasteiger partial charge in [0.1, 0.15) is 5.69 Å². The Morgan fingerprint density at radius 2 is 2.08 bits per heavy atom. The summed E-state index contributed by atoms with van der Waals surface area (Å²) >= 11 is 6.19. The van der Waals surface area contributed by atoms with Crippen molar-refractivity contribution in [3.8, 4) is 5.75 Å². The number of Topliss-reactive ketones (excluding diaryl/α,β-unsaturated/α-hetero) is 1. The molecule has 0 saturated carbocycles. The Hall–Kier alpha value is -2.37. The summed E-state index contributed by atoms with van der Waals surface area (Å²) in [6.07, 6.45) is 1.86. The van der Waals surface area contributed by atoms with E-state index in [1.807, 2.05) is 37.3 Å². The van der Waals surface area contributed by atoms with Crippen molar-refractivity contribution in [3.05, 3.63) is 64.6 Å². The van der Waals surface area contributed by atoms with E-state index in [-0.39, 0.29) is 24.7 Å². The summed E-state index contributed by atoms with van der Waals surface area (Å²) in [5.41, 5.74) is 2.58. The number of pyridine rings is 1. The van der Waals surface area contributed by atoms with Gasteiger partial charge in [-0.15, -0.1) is 0 Å². The Balaban J connectivity index is 1.99. The van der Waals surface area contributed by atoms with E-state index in [1.165, 1.54) is 0 Å². The molecule has 0 saturated heterocycles. The highest BCUT2D eigenvalue weighted by Crippen LogP contribution is 2.28. The van der Waals surface area contributed by atoms with E-state index in [2.05, 4.69) is 4.98 Å². The number of ether oxygens (including phenoxy) is 1. The number of rotatable bonds is 7. The predicted molar refractivity (Wildman–Crippen MR) is 101 cm³/mol. The maximum Gasteiger partial charge on any atom is 0.182 e. The largest absolute Gasteiger partial charge is 0.490 e. The van der Waals surface area contributed by atoms with Gasteiger partial charge >= 0.3 is 0 Å². The van der Waals surface area contributed by atoms with Gasteiger partial charge in [0.15, 0.2) is 17.2 Å². The molecule has 2 aromatic heterocycles. The lowest BCUT2D eigenvalue weighted by Crippen LogP contribution is -2.13. The van der Waals surface area contributed by atoms with Gasteiger partial charge in [-0.3, -0.25) is 9.20 Å². The van der Waals surface area contributed by atoms with Gasteiger partial charge in [-0.25, -0.2) is 4.98 Å². The molecule has 1 atom stereocenters. The number of aromatic nitrogens is 2. The van der Waals surface area contributed by atoms with Crippen molar-refractivity contribution >= 4 is 23.0 Å². The normalized spacial score (nSPS) is 12.3. The van der Waals surface area contributed by atoms with Crippen LogP contribution in [0.3, 0.4) is 0 Å². The maximum atomic E-state index is 13.0. The molecule has 26 heavy (non-hydrogen) atoms. The molecule has 0 amide bonds. The second-order valence-electron chi connectivity index (χ2n) is 6.11. The molecule has 0 unspecified atom stereocenters. The van der Waals surface area contributed by atoms with Crippen LogP contribution in [-0.4, -0.2) is 33.5 Å². The minimum atomic E-state index is -0.265. The average Bonchev–Trinajstić information content (AvgIpc) is 2.96. The number of ketones is 1. The summed E-state index contributed by atoms with van der Waals surface area (Å²) in [5, 5.41) is 10.2. The van der Waals surface area contributed by atoms with Gasteiger partial charge in [0.05, 0.1) is 23.9 Å². The summed E-state index contributed by atoms with van der Waals surface area (Å²) in [6.45, 7) is 4.05. The third-order valence-corrected chi connectivity index (χ3v) is 4.52. The first-order chi connectivity index (χ1) is 12.5. The van der Waals surface area contributed by atoms with Crippen molar-refractivity contribution < 1.29 is 14.6 Å². The van der Waals surface area contributed by atoms with Crippen LogP contribution in [0.4, 0.5) is 0 Å². The monoisotopic (exact) mass is 372 g/mol. The lowest BCUT2D eigenvalue weighted by atomic mass is 9.93. The number of hydrogen-bond donors (Lipinski definition) is 1. The van der Waals surface area contributed by atoms with Crippen LogP contribution < -0.4 is 4.74 Å². The van der Waals surface area contributed by atoms with E-state index in [0.29, 0.717) is 34.4 Å². The molecule has 3 aromatic rings. The topological polar surface area (TPSA) is 63.8 Å². The maximum absolute atomic E-state index is 13.0. The highest BCUT2D eigenvalue weighted by molar-refractivity contribution is 6.30. The Morgan fingerprint density at radius 3 is 2.73 bits per heavy atom. The Labute approximate surface area is 157 Å². The minimum absolute atomic E-state index is 0.0948. The lowest BCUT2D eigenvalue weighted by molar-refractivity contribution is 0.0953. The second kappa shape index (κ2) is 7.89. The summed E-state index contributed by atoms with van der Waals surface area (Å²) in [6, 6.07) is 11.2. The number of benzene rings is 1. The van der Waals surface area contributed by atoms with Crippen LogP contribution in [0, 0.1) is 6.92 Å². The van der Waals surface area contributed by atoms with Crippen LogP contribution >= 0.6 is 11.6 Å². The molecule has 136 valence electrons. The van der Waals surface area contributed by atoms with Crippen molar-refractivity contribution in [3.63, 3.8) is 0 Å². The molecule has 3 rings (SSSR count). The minimum Gasteiger partial charge on any atom is -0.490 e. The van der Waals surface area contributed by atoms with Gasteiger partial charge < -0.3 is 9.84 Å². The van der Waals surface area contributed by atoms with Crippen LogP contribution in [-0.2, 0) is 0 Å². The van der Waals surface area contributed by atoms with Gasteiger partial charge in [-0.05, 0) is 19.4 Å². The number of nitrogens with zero attached hydrogens (tertiary/aromatic N) is 2. The molecule has 2 heterocycles. The number of carbonyl (C=O) groups excluding carboxylic acids is 1. The fourth-order valence-corrected chi connectivity index (χ4v) is 3.32. The van der Waals surface area contributed by atoms with E-state index >= 15 is 0 Å². The van der Waals surface area contributed by atoms with Gasteiger partial charge in [0.25, 0.3) is 0 Å². The molecular weight excluding hydrogens is 352 g/mol. The van der Waals surface area contributed by atoms with Crippen LogP contribution in [0.2, 0.25) is 5.02 Å². The molecular formula is C20H21ClN2O3. The Bertz CT molecular complexity index is 922. The standard InChI is InChI=1S/C20H21ClN2O3/c1-3-26-18-10-16(21)11-23-19(13(2)22-20(18)23)17(25)9-15(12-24)14-7-5-4-6-8-14/h4-8,10-11,15,24H,3,9,12H2,1-2H3/t15-/m0/s1. The van der Waals surface area contributed by atoms with Gasteiger partial charge in [-0.2, -0.15) is 0 Å². The Kier molecular flexibility index (Phi) is 5.59. The molecule has 0 aliphatic heterocycles. The molecule has 0 radical (unpaired) electrons. The van der Waals surface area contributed by atoms with Crippen LogP contribution in [0.15, 0.2) is 42.6 Å². The number of hydrogen-bond acceptors (Lipinski definition) is 4. The number of halogens is 1. The van der Waals surface area contributed by atoms with Gasteiger partial charge in [-0.1, -0.05) is 41.9 Å². The van der Waals surface area contributed by atoms with Crippen molar-refractivity contribution in [2.45, 2.75) is 26.2 Å². The zero-order valence-corrected chi connectivity index (χ0v) is 15.5. The van der Waals surface area contributed by atoms with Crippen molar-refractivity contribution in [1.29, 1.82) is 0 Å².